The van der Waals surface area contributed by atoms with Crippen LogP contribution >= 0.6 is 0 Å². The minimum absolute atomic E-state index is 0.0193. The average Bonchev–Trinajstić information content (AvgIpc) is 3.72. The number of likely N-dealkylation sites (tertiary alicyclic amines) is 2. The summed E-state index contributed by atoms with van der Waals surface area (Å²) in [6.07, 6.45) is 11.5. The standard InChI is InChI=1S/C33H50FN5O4/c1-37-11-4-5-19(37)8-10-36-29-24(34)13-22-30-32(29)43-28-14-21-20-6-2-3-7-26(20)42-27(21)15-25(28)39(30)17-23(31(22)40)33(41)38-12-9-18(35)16-38/h17-22,24-30,32,36H,2-16,35H2,1H3. The van der Waals surface area contributed by atoms with Crippen LogP contribution in [0.15, 0.2) is 11.8 Å². The molecule has 3 N–H and O–H groups in total. The highest BCUT2D eigenvalue weighted by Crippen LogP contribution is 2.52. The van der Waals surface area contributed by atoms with Gasteiger partial charge in [0.05, 0.1) is 48.1 Å². The third-order valence-electron chi connectivity index (χ3n) is 12.7. The molecule has 3 aliphatic carbocycles. The molecular weight excluding hydrogens is 549 g/mol. The molecule has 4 saturated heterocycles. The largest absolute Gasteiger partial charge is 0.374 e. The summed E-state index contributed by atoms with van der Waals surface area (Å²) in [5.41, 5.74) is 6.33. The number of fused-ring (bicyclic) bond motifs is 5. The van der Waals surface area contributed by atoms with Crippen LogP contribution in [0.3, 0.4) is 0 Å². The van der Waals surface area contributed by atoms with Gasteiger partial charge in [-0.2, -0.15) is 0 Å². The van der Waals surface area contributed by atoms with Crippen LogP contribution in [0.4, 0.5) is 4.39 Å². The quantitative estimate of drug-likeness (QED) is 0.463. The Morgan fingerprint density at radius 1 is 1.02 bits per heavy atom. The van der Waals surface area contributed by atoms with Crippen molar-refractivity contribution >= 4 is 11.7 Å². The van der Waals surface area contributed by atoms with Crippen molar-refractivity contribution in [3.8, 4) is 0 Å². The molecule has 0 aromatic rings. The lowest BCUT2D eigenvalue weighted by Gasteiger charge is -2.60. The van der Waals surface area contributed by atoms with Gasteiger partial charge in [0.25, 0.3) is 5.91 Å². The first-order valence-electron chi connectivity index (χ1n) is 17.3. The van der Waals surface area contributed by atoms with Crippen molar-refractivity contribution in [3.05, 3.63) is 11.8 Å². The zero-order valence-electron chi connectivity index (χ0n) is 25.6. The van der Waals surface area contributed by atoms with Gasteiger partial charge < -0.3 is 35.2 Å². The van der Waals surface area contributed by atoms with Crippen LogP contribution in [0.2, 0.25) is 0 Å². The first-order chi connectivity index (χ1) is 20.9. The van der Waals surface area contributed by atoms with Gasteiger partial charge in [-0.1, -0.05) is 12.8 Å². The summed E-state index contributed by atoms with van der Waals surface area (Å²) in [4.78, 5) is 34.2. The molecule has 0 bridgehead atoms. The number of hydrogen-bond donors (Lipinski definition) is 2. The number of carbonyl (C=O) groups excluding carboxylic acids is 2. The maximum Gasteiger partial charge on any atom is 0.259 e. The Labute approximate surface area is 255 Å². The molecule has 0 aromatic heterocycles. The van der Waals surface area contributed by atoms with Crippen molar-refractivity contribution in [2.75, 3.05) is 33.2 Å². The fourth-order valence-electron chi connectivity index (χ4n) is 10.5. The molecule has 7 fully saturated rings. The smallest absolute Gasteiger partial charge is 0.259 e. The summed E-state index contributed by atoms with van der Waals surface area (Å²) in [7, 11) is 2.18. The SMILES string of the molecule is CN1CCCC1CCNC1C(F)CC2C(=O)C(C(=O)N3CCC(N)C3)=CN3C4CC5OC6CCCCC6C5CC4OC1C23. The van der Waals surface area contributed by atoms with Crippen LogP contribution in [0.1, 0.15) is 70.6 Å². The number of halogens is 1. The molecule has 0 radical (unpaired) electrons. The molecule has 13 atom stereocenters. The molecule has 0 aromatic carbocycles. The number of morpholine rings is 1. The molecule has 8 rings (SSSR count). The van der Waals surface area contributed by atoms with Crippen LogP contribution in [0, 0.1) is 17.8 Å². The lowest BCUT2D eigenvalue weighted by molar-refractivity contribution is -0.209. The average molecular weight is 600 g/mol. The van der Waals surface area contributed by atoms with E-state index in [1.165, 1.54) is 32.1 Å². The van der Waals surface area contributed by atoms with Crippen LogP contribution < -0.4 is 11.1 Å². The van der Waals surface area contributed by atoms with Crippen LogP contribution in [0.5, 0.6) is 0 Å². The third-order valence-corrected chi connectivity index (χ3v) is 12.7. The van der Waals surface area contributed by atoms with Gasteiger partial charge >= 0.3 is 0 Å². The number of nitrogens with two attached hydrogens (primary N) is 1. The van der Waals surface area contributed by atoms with E-state index >= 15 is 4.39 Å². The van der Waals surface area contributed by atoms with Crippen molar-refractivity contribution in [2.24, 2.45) is 23.5 Å². The highest BCUT2D eigenvalue weighted by atomic mass is 19.1. The Morgan fingerprint density at radius 3 is 2.67 bits per heavy atom. The Bertz CT molecular complexity index is 1140. The van der Waals surface area contributed by atoms with Crippen molar-refractivity contribution in [1.29, 1.82) is 0 Å². The third kappa shape index (κ3) is 4.89. The zero-order valence-corrected chi connectivity index (χ0v) is 25.6. The fraction of sp³-hybridized carbons (Fsp3) is 0.879. The molecule has 0 spiro atoms. The number of nitrogens with zero attached hydrogens (tertiary/aromatic N) is 3. The molecule has 238 valence electrons. The summed E-state index contributed by atoms with van der Waals surface area (Å²) in [6, 6.07) is -0.253. The molecule has 43 heavy (non-hydrogen) atoms. The second kappa shape index (κ2) is 11.3. The molecule has 3 saturated carbocycles. The molecule has 5 aliphatic heterocycles. The minimum Gasteiger partial charge on any atom is -0.374 e. The van der Waals surface area contributed by atoms with Gasteiger partial charge in [-0.3, -0.25) is 9.59 Å². The number of carbonyl (C=O) groups is 2. The van der Waals surface area contributed by atoms with E-state index in [1.807, 2.05) is 6.20 Å². The monoisotopic (exact) mass is 599 g/mol. The lowest BCUT2D eigenvalue weighted by atomic mass is 9.67. The Balaban J connectivity index is 1.09. The molecule has 10 heteroatoms. The van der Waals surface area contributed by atoms with Crippen molar-refractivity contribution in [2.45, 2.75) is 131 Å². The normalized spacial score (nSPS) is 47.6. The highest BCUT2D eigenvalue weighted by Gasteiger charge is 2.61. The number of alkyl halides is 1. The first-order valence-corrected chi connectivity index (χ1v) is 17.3. The molecule has 1 amide bonds. The van der Waals surface area contributed by atoms with Crippen molar-refractivity contribution < 1.29 is 23.5 Å². The van der Waals surface area contributed by atoms with E-state index in [4.69, 9.17) is 15.2 Å². The van der Waals surface area contributed by atoms with E-state index in [1.54, 1.807) is 4.90 Å². The summed E-state index contributed by atoms with van der Waals surface area (Å²) in [5, 5.41) is 3.59. The first kappa shape index (κ1) is 28.9. The van der Waals surface area contributed by atoms with Gasteiger partial charge in [-0.05, 0) is 89.8 Å². The molecule has 13 unspecified atom stereocenters. The number of nitrogens with one attached hydrogen (secondary N) is 1. The maximum absolute atomic E-state index is 16.2. The topological polar surface area (TPSA) is 100 Å². The van der Waals surface area contributed by atoms with Gasteiger partial charge in [-0.25, -0.2) is 4.39 Å². The second-order valence-corrected chi connectivity index (χ2v) is 15.1. The number of Topliss-reactive ketones (excluding diaryl/α,β-unsaturated/α-hetero) is 1. The van der Waals surface area contributed by atoms with E-state index in [0.29, 0.717) is 37.1 Å². The number of amides is 1. The van der Waals surface area contributed by atoms with Gasteiger partial charge in [0.2, 0.25) is 0 Å². The Morgan fingerprint density at radius 2 is 1.88 bits per heavy atom. The van der Waals surface area contributed by atoms with Gasteiger partial charge in [-0.15, -0.1) is 0 Å². The summed E-state index contributed by atoms with van der Waals surface area (Å²) in [6.45, 7) is 2.88. The van der Waals surface area contributed by atoms with E-state index in [-0.39, 0.29) is 54.0 Å². The van der Waals surface area contributed by atoms with Crippen LogP contribution in [0.25, 0.3) is 0 Å². The second-order valence-electron chi connectivity index (χ2n) is 15.1. The Hall–Kier alpha value is -1.59. The molecule has 8 aliphatic rings. The summed E-state index contributed by atoms with van der Waals surface area (Å²) in [5.74, 6) is -0.00431. The van der Waals surface area contributed by atoms with E-state index in [2.05, 4.69) is 22.2 Å². The number of rotatable bonds is 5. The number of ether oxygens (including phenoxy) is 2. The molecule has 9 nitrogen and oxygen atoms in total. The number of hydrogen-bond acceptors (Lipinski definition) is 8. The minimum atomic E-state index is -1.21. The van der Waals surface area contributed by atoms with E-state index in [0.717, 1.165) is 45.2 Å². The van der Waals surface area contributed by atoms with Gasteiger partial charge in [0, 0.05) is 37.3 Å². The number of ketones is 1. The van der Waals surface area contributed by atoms with E-state index in [9.17, 15) is 9.59 Å². The molecule has 5 heterocycles. The predicted octanol–water partition coefficient (Wildman–Crippen LogP) is 1.99. The highest BCUT2D eigenvalue weighted by molar-refractivity contribution is 6.20. The molecular formula is C33H50FN5O4. The van der Waals surface area contributed by atoms with Gasteiger partial charge in [0.1, 0.15) is 6.17 Å². The maximum atomic E-state index is 16.2. The Kier molecular flexibility index (Phi) is 7.61. The van der Waals surface area contributed by atoms with Crippen LogP contribution in [-0.4, -0.2) is 120 Å². The summed E-state index contributed by atoms with van der Waals surface area (Å²) < 4.78 is 29.9. The zero-order chi connectivity index (χ0) is 29.4. The van der Waals surface area contributed by atoms with E-state index < -0.39 is 24.2 Å². The summed E-state index contributed by atoms with van der Waals surface area (Å²) >= 11 is 0. The van der Waals surface area contributed by atoms with Crippen molar-refractivity contribution in [1.82, 2.24) is 20.0 Å². The van der Waals surface area contributed by atoms with Gasteiger partial charge in [0.15, 0.2) is 5.78 Å². The lowest BCUT2D eigenvalue weighted by Crippen LogP contribution is -2.73. The van der Waals surface area contributed by atoms with Crippen LogP contribution in [-0.2, 0) is 19.1 Å². The van der Waals surface area contributed by atoms with Crippen molar-refractivity contribution in [3.63, 3.8) is 0 Å². The predicted molar refractivity (Wildman–Crippen MR) is 159 cm³/mol. The fourth-order valence-corrected chi connectivity index (χ4v) is 10.5.